The topological polar surface area (TPSA) is 98.5 Å². The summed E-state index contributed by atoms with van der Waals surface area (Å²) in [7, 11) is -3.65. The van der Waals surface area contributed by atoms with Gasteiger partial charge < -0.3 is 9.26 Å². The zero-order valence-electron chi connectivity index (χ0n) is 15.4. The molecule has 0 aliphatic rings. The van der Waals surface area contributed by atoms with Gasteiger partial charge in [-0.3, -0.25) is 0 Å². The fourth-order valence-corrected chi connectivity index (χ4v) is 4.92. The Morgan fingerprint density at radius 1 is 1.25 bits per heavy atom. The number of carbonyl (C=O) groups excluding carboxylic acids is 1. The van der Waals surface area contributed by atoms with E-state index in [4.69, 9.17) is 9.26 Å². The van der Waals surface area contributed by atoms with Crippen molar-refractivity contribution in [1.82, 2.24) is 9.88 Å². The third-order valence-corrected chi connectivity index (χ3v) is 7.05. The van der Waals surface area contributed by atoms with Crippen LogP contribution in [-0.2, 0) is 14.8 Å². The van der Waals surface area contributed by atoms with Gasteiger partial charge in [0.25, 0.3) is 0 Å². The summed E-state index contributed by atoms with van der Waals surface area (Å²) in [5.41, 5.74) is 1.11. The number of nitrogens with one attached hydrogen (secondary N) is 1. The second kappa shape index (κ2) is 8.68. The van der Waals surface area contributed by atoms with Gasteiger partial charge in [0, 0.05) is 12.6 Å². The van der Waals surface area contributed by atoms with Gasteiger partial charge >= 0.3 is 5.97 Å². The van der Waals surface area contributed by atoms with E-state index in [0.29, 0.717) is 10.6 Å². The molecule has 7 nitrogen and oxygen atoms in total. The lowest BCUT2D eigenvalue weighted by molar-refractivity contribution is 0.0514. The molecule has 0 unspecified atom stereocenters. The lowest BCUT2D eigenvalue weighted by Crippen LogP contribution is -2.27. The normalized spacial score (nSPS) is 12.6. The van der Waals surface area contributed by atoms with Gasteiger partial charge in [0.05, 0.1) is 11.5 Å². The molecule has 148 valence electrons. The molecule has 1 N–H and O–H groups in total. The van der Waals surface area contributed by atoms with Crippen molar-refractivity contribution in [3.8, 4) is 10.6 Å². The highest BCUT2D eigenvalue weighted by Gasteiger charge is 2.21. The monoisotopic (exact) mass is 420 g/mol. The van der Waals surface area contributed by atoms with Gasteiger partial charge in [0.1, 0.15) is 4.21 Å². The maximum absolute atomic E-state index is 12.6. The first-order valence-electron chi connectivity index (χ1n) is 8.69. The number of sulfonamides is 1. The highest BCUT2D eigenvalue weighted by molar-refractivity contribution is 7.91. The molecular weight excluding hydrogens is 400 g/mol. The number of esters is 1. The van der Waals surface area contributed by atoms with Crippen LogP contribution in [0.1, 0.15) is 35.8 Å². The van der Waals surface area contributed by atoms with Crippen molar-refractivity contribution in [2.75, 3.05) is 13.2 Å². The van der Waals surface area contributed by atoms with E-state index in [1.807, 2.05) is 37.3 Å². The molecule has 28 heavy (non-hydrogen) atoms. The van der Waals surface area contributed by atoms with E-state index in [-0.39, 0.29) is 29.0 Å². The van der Waals surface area contributed by atoms with Gasteiger partial charge in [-0.2, -0.15) is 0 Å². The summed E-state index contributed by atoms with van der Waals surface area (Å²) in [6.07, 6.45) is 0. The Hall–Kier alpha value is -2.49. The Balaban J connectivity index is 1.69. The molecule has 0 bridgehead atoms. The number of rotatable bonds is 8. The van der Waals surface area contributed by atoms with Crippen molar-refractivity contribution in [3.05, 3.63) is 59.8 Å². The Labute approximate surface area is 167 Å². The predicted octanol–water partition coefficient (Wildman–Crippen LogP) is 3.66. The van der Waals surface area contributed by atoms with Crippen LogP contribution in [0, 0.1) is 0 Å². The number of hydrogen-bond donors (Lipinski definition) is 1. The van der Waals surface area contributed by atoms with Crippen LogP contribution in [0.4, 0.5) is 0 Å². The minimum atomic E-state index is -3.65. The Morgan fingerprint density at radius 2 is 2.00 bits per heavy atom. The Kier molecular flexibility index (Phi) is 6.28. The minimum Gasteiger partial charge on any atom is -0.461 e. The number of aromatic nitrogens is 1. The third-order valence-electron chi connectivity index (χ3n) is 4.03. The quantitative estimate of drug-likeness (QED) is 0.559. The average molecular weight is 421 g/mol. The van der Waals surface area contributed by atoms with Crippen LogP contribution in [0.3, 0.4) is 0 Å². The highest BCUT2D eigenvalue weighted by Crippen LogP contribution is 2.31. The summed E-state index contributed by atoms with van der Waals surface area (Å²) in [6.45, 7) is 4.18. The zero-order chi connectivity index (χ0) is 20.1. The zero-order valence-corrected chi connectivity index (χ0v) is 17.0. The largest absolute Gasteiger partial charge is 0.461 e. The minimum absolute atomic E-state index is 0.0387. The van der Waals surface area contributed by atoms with Crippen molar-refractivity contribution in [2.45, 2.75) is 24.0 Å². The molecule has 0 fully saturated rings. The maximum Gasteiger partial charge on any atom is 0.360 e. The molecule has 9 heteroatoms. The van der Waals surface area contributed by atoms with E-state index in [2.05, 4.69) is 9.88 Å². The summed E-state index contributed by atoms with van der Waals surface area (Å²) in [5.74, 6) is -0.234. The molecule has 0 aliphatic carbocycles. The Morgan fingerprint density at radius 3 is 2.71 bits per heavy atom. The molecular formula is C19H20N2O5S2. The van der Waals surface area contributed by atoms with E-state index in [1.165, 1.54) is 12.1 Å². The molecule has 0 aliphatic heterocycles. The molecule has 0 saturated heterocycles. The van der Waals surface area contributed by atoms with Gasteiger partial charge in [-0.1, -0.05) is 42.4 Å². The second-order valence-electron chi connectivity index (χ2n) is 6.08. The molecule has 2 aromatic heterocycles. The van der Waals surface area contributed by atoms with Crippen molar-refractivity contribution in [2.24, 2.45) is 0 Å². The molecule has 3 rings (SSSR count). The number of carbonyl (C=O) groups is 1. The fraction of sp³-hybridized carbons (Fsp3) is 0.263. The summed E-state index contributed by atoms with van der Waals surface area (Å²) in [6, 6.07) is 14.3. The van der Waals surface area contributed by atoms with Crippen molar-refractivity contribution < 1.29 is 22.5 Å². The average Bonchev–Trinajstić information content (AvgIpc) is 3.37. The molecule has 3 aromatic rings. The van der Waals surface area contributed by atoms with Crippen LogP contribution in [0.15, 0.2) is 57.3 Å². The summed E-state index contributed by atoms with van der Waals surface area (Å²) in [5, 5.41) is 3.67. The first-order chi connectivity index (χ1) is 13.4. The van der Waals surface area contributed by atoms with Crippen LogP contribution in [-0.4, -0.2) is 32.7 Å². The van der Waals surface area contributed by atoms with E-state index < -0.39 is 16.0 Å². The predicted molar refractivity (Wildman–Crippen MR) is 106 cm³/mol. The molecule has 1 aromatic carbocycles. The van der Waals surface area contributed by atoms with Gasteiger partial charge in [-0.05, 0) is 30.5 Å². The number of benzene rings is 1. The molecule has 0 amide bonds. The first-order valence-corrected chi connectivity index (χ1v) is 11.0. The SMILES string of the molecule is CCOC(=O)c1cc(-c2ccc(S(=O)(=O)NC[C@H](C)c3ccccc3)s2)on1. The molecule has 1 atom stereocenters. The number of thiophene rings is 1. The van der Waals surface area contributed by atoms with Crippen LogP contribution in [0.2, 0.25) is 0 Å². The Bertz CT molecular complexity index is 1040. The van der Waals surface area contributed by atoms with Crippen LogP contribution < -0.4 is 4.72 Å². The number of ether oxygens (including phenoxy) is 1. The van der Waals surface area contributed by atoms with Crippen LogP contribution in [0.5, 0.6) is 0 Å². The summed E-state index contributed by atoms with van der Waals surface area (Å²) >= 11 is 1.04. The molecule has 0 saturated carbocycles. The standard InChI is InChI=1S/C19H20N2O5S2/c1-3-25-19(22)15-11-16(26-21-15)17-9-10-18(27-17)28(23,24)20-12-13(2)14-7-5-4-6-8-14/h4-11,13,20H,3,12H2,1-2H3/t13-/m0/s1. The molecule has 2 heterocycles. The first kappa shape index (κ1) is 20.2. The van der Waals surface area contributed by atoms with E-state index in [1.54, 1.807) is 13.0 Å². The van der Waals surface area contributed by atoms with E-state index in [0.717, 1.165) is 16.9 Å². The fourth-order valence-electron chi connectivity index (χ4n) is 2.49. The summed E-state index contributed by atoms with van der Waals surface area (Å²) in [4.78, 5) is 12.2. The van der Waals surface area contributed by atoms with Gasteiger partial charge in [0.2, 0.25) is 10.0 Å². The van der Waals surface area contributed by atoms with Gasteiger partial charge in [0.15, 0.2) is 11.5 Å². The summed E-state index contributed by atoms with van der Waals surface area (Å²) < 4.78 is 38.0. The number of nitrogens with zero attached hydrogens (tertiary/aromatic N) is 1. The van der Waals surface area contributed by atoms with Crippen LogP contribution >= 0.6 is 11.3 Å². The lowest BCUT2D eigenvalue weighted by atomic mass is 10.0. The van der Waals surface area contributed by atoms with E-state index >= 15 is 0 Å². The second-order valence-corrected chi connectivity index (χ2v) is 9.16. The number of hydrogen-bond acceptors (Lipinski definition) is 7. The molecule has 0 spiro atoms. The highest BCUT2D eigenvalue weighted by atomic mass is 32.2. The van der Waals surface area contributed by atoms with Gasteiger partial charge in [-0.25, -0.2) is 17.9 Å². The lowest BCUT2D eigenvalue weighted by Gasteiger charge is -2.12. The van der Waals surface area contributed by atoms with E-state index in [9.17, 15) is 13.2 Å². The van der Waals surface area contributed by atoms with Gasteiger partial charge in [-0.15, -0.1) is 11.3 Å². The third kappa shape index (κ3) is 4.67. The smallest absolute Gasteiger partial charge is 0.360 e. The maximum atomic E-state index is 12.6. The van der Waals surface area contributed by atoms with Crippen molar-refractivity contribution in [1.29, 1.82) is 0 Å². The van der Waals surface area contributed by atoms with Crippen molar-refractivity contribution >= 4 is 27.3 Å². The van der Waals surface area contributed by atoms with Crippen molar-refractivity contribution in [3.63, 3.8) is 0 Å². The van der Waals surface area contributed by atoms with Crippen LogP contribution in [0.25, 0.3) is 10.6 Å². The molecule has 0 radical (unpaired) electrons.